The summed E-state index contributed by atoms with van der Waals surface area (Å²) in [6, 6.07) is 17.9. The molecule has 0 bridgehead atoms. The van der Waals surface area contributed by atoms with Crippen LogP contribution in [0.15, 0.2) is 164 Å². The molecule has 0 saturated carbocycles. The molecule has 0 aliphatic carbocycles. The van der Waals surface area contributed by atoms with Crippen molar-refractivity contribution in [3.05, 3.63) is 114 Å². The van der Waals surface area contributed by atoms with Crippen molar-refractivity contribution in [2.45, 2.75) is 19.6 Å². The Kier molecular flexibility index (Phi) is 14.3. The zero-order chi connectivity index (χ0) is 56.1. The molecule has 0 atom stereocenters. The second-order valence-electron chi connectivity index (χ2n) is 15.6. The number of carboxylic acids is 1. The van der Waals surface area contributed by atoms with E-state index >= 15 is 0 Å². The number of azo groups is 4. The first-order valence-electron chi connectivity index (χ1n) is 20.6. The number of carbonyl (C=O) groups excluding carboxylic acids is 1. The van der Waals surface area contributed by atoms with Gasteiger partial charge in [-0.1, -0.05) is 29.8 Å². The van der Waals surface area contributed by atoms with Gasteiger partial charge in [0.15, 0.2) is 17.2 Å². The van der Waals surface area contributed by atoms with Gasteiger partial charge < -0.3 is 30.9 Å². The standard InChI is InChI=1S/C44H28ClN9O19S4/c45-20-2-1-3-21(13-20)47-54-39-36(76(67,68)69)16-27-23(41(39)57)7-11-30(43(27)77(70,71)72)50-53-33-17-34(74(61,62)63)25-8-10-29(42(58)37(25)38(33)46)49-52-32-15-26-19(12-35(32)75(64,65)66)4-9-28(40(26)56)48-51-31-14-22(73-18-55)5-6-24(31)44(59)60/h1-18,56-58H,46H2,(H,59,60)(H,61,62,63)(H,64,65,66)(H,67,68,69)(H,70,71,72). The first-order chi connectivity index (χ1) is 36.1. The first-order valence-corrected chi connectivity index (χ1v) is 26.7. The summed E-state index contributed by atoms with van der Waals surface area (Å²) < 4.78 is 148. The lowest BCUT2D eigenvalue weighted by atomic mass is 10.1. The average molecular weight is 1150 g/mol. The highest BCUT2D eigenvalue weighted by Crippen LogP contribution is 2.49. The van der Waals surface area contributed by atoms with Gasteiger partial charge in [-0.05, 0) is 84.2 Å². The van der Waals surface area contributed by atoms with Crippen molar-refractivity contribution in [2.75, 3.05) is 5.73 Å². The summed E-state index contributed by atoms with van der Waals surface area (Å²) in [7, 11) is -21.4. The monoisotopic (exact) mass is 1150 g/mol. The minimum absolute atomic E-state index is 0.0443. The van der Waals surface area contributed by atoms with Gasteiger partial charge in [0, 0.05) is 32.6 Å². The van der Waals surface area contributed by atoms with Crippen molar-refractivity contribution < 1.29 is 86.6 Å². The van der Waals surface area contributed by atoms with Crippen molar-refractivity contribution in [1.82, 2.24) is 0 Å². The van der Waals surface area contributed by atoms with E-state index in [9.17, 15) is 81.9 Å². The Morgan fingerprint density at radius 3 is 1.75 bits per heavy atom. The van der Waals surface area contributed by atoms with Gasteiger partial charge in [0.1, 0.15) is 65.1 Å². The fourth-order valence-corrected chi connectivity index (χ4v) is 10.4. The number of carboxylic acid groups (broad SMARTS) is 1. The van der Waals surface area contributed by atoms with Gasteiger partial charge in [-0.3, -0.25) is 23.0 Å². The quantitative estimate of drug-likeness (QED) is 0.0199. The Labute approximate surface area is 435 Å². The van der Waals surface area contributed by atoms with Gasteiger partial charge in [-0.2, -0.15) is 38.8 Å². The number of ether oxygens (including phenoxy) is 1. The average Bonchev–Trinajstić information content (AvgIpc) is 3.40. The molecule has 394 valence electrons. The summed E-state index contributed by atoms with van der Waals surface area (Å²) in [6.45, 7) is 0.0771. The molecule has 28 nitrogen and oxygen atoms in total. The lowest BCUT2D eigenvalue weighted by molar-refractivity contribution is -0.120. The number of phenols is 3. The van der Waals surface area contributed by atoms with Crippen molar-refractivity contribution in [3.63, 3.8) is 0 Å². The van der Waals surface area contributed by atoms with Crippen LogP contribution in [-0.4, -0.2) is 84.7 Å². The summed E-state index contributed by atoms with van der Waals surface area (Å²) in [5.41, 5.74) is 0.922. The summed E-state index contributed by atoms with van der Waals surface area (Å²) in [5, 5.41) is 71.6. The molecule has 8 aromatic carbocycles. The Morgan fingerprint density at radius 1 is 0.519 bits per heavy atom. The molecule has 0 saturated heterocycles. The highest BCUT2D eigenvalue weighted by Gasteiger charge is 2.29. The van der Waals surface area contributed by atoms with Crippen LogP contribution in [0.2, 0.25) is 5.02 Å². The third-order valence-corrected chi connectivity index (χ3v) is 14.6. The summed E-state index contributed by atoms with van der Waals surface area (Å²) in [5.74, 6) is -4.34. The lowest BCUT2D eigenvalue weighted by Crippen LogP contribution is -2.03. The predicted octanol–water partition coefficient (Wildman–Crippen LogP) is 10.4. The van der Waals surface area contributed by atoms with E-state index in [1.807, 2.05) is 0 Å². The van der Waals surface area contributed by atoms with Crippen molar-refractivity contribution >= 4 is 148 Å². The van der Waals surface area contributed by atoms with Gasteiger partial charge in [-0.25, -0.2) is 4.79 Å². The summed E-state index contributed by atoms with van der Waals surface area (Å²) in [4.78, 5) is 18.3. The number of carbonyl (C=O) groups is 2. The van der Waals surface area contributed by atoms with Gasteiger partial charge in [0.2, 0.25) is 0 Å². The van der Waals surface area contributed by atoms with Gasteiger partial charge in [-0.15, -0.1) is 35.8 Å². The lowest BCUT2D eigenvalue weighted by Gasteiger charge is -2.13. The van der Waals surface area contributed by atoms with Crippen molar-refractivity contribution in [3.8, 4) is 23.0 Å². The van der Waals surface area contributed by atoms with E-state index in [1.165, 1.54) is 36.4 Å². The summed E-state index contributed by atoms with van der Waals surface area (Å²) in [6.07, 6.45) is 0. The Morgan fingerprint density at radius 2 is 1.12 bits per heavy atom. The zero-order valence-corrected chi connectivity index (χ0v) is 41.6. The fraction of sp³-hybridized carbons (Fsp3) is 0. The van der Waals surface area contributed by atoms with Crippen LogP contribution >= 0.6 is 11.6 Å². The number of nitrogens with two attached hydrogens (primary N) is 1. The van der Waals surface area contributed by atoms with E-state index in [2.05, 4.69) is 40.9 Å². The van der Waals surface area contributed by atoms with E-state index in [-0.39, 0.29) is 50.6 Å². The van der Waals surface area contributed by atoms with Crippen molar-refractivity contribution in [2.24, 2.45) is 40.9 Å². The van der Waals surface area contributed by atoms with Crippen LogP contribution in [0.4, 0.5) is 51.2 Å². The first kappa shape index (κ1) is 54.3. The van der Waals surface area contributed by atoms with Crippen LogP contribution < -0.4 is 10.5 Å². The molecule has 8 aromatic rings. The van der Waals surface area contributed by atoms with Crippen LogP contribution in [0.1, 0.15) is 10.4 Å². The molecule has 0 aromatic heterocycles. The second-order valence-corrected chi connectivity index (χ2v) is 21.6. The van der Waals surface area contributed by atoms with E-state index < -0.39 is 139 Å². The largest absolute Gasteiger partial charge is 0.505 e. The minimum atomic E-state index is -5.53. The number of nitrogen functional groups attached to an aromatic ring is 1. The zero-order valence-electron chi connectivity index (χ0n) is 37.6. The molecule has 0 spiro atoms. The van der Waals surface area contributed by atoms with Gasteiger partial charge >= 0.3 is 5.97 Å². The van der Waals surface area contributed by atoms with Crippen LogP contribution in [0, 0.1) is 0 Å². The van der Waals surface area contributed by atoms with E-state index in [1.54, 1.807) is 0 Å². The van der Waals surface area contributed by atoms with E-state index in [4.69, 9.17) is 22.1 Å². The van der Waals surface area contributed by atoms with Crippen LogP contribution in [0.25, 0.3) is 32.3 Å². The third-order valence-electron chi connectivity index (χ3n) is 10.8. The SMILES string of the molecule is Nc1c(N=Nc2ccc3c(O)c(N=Nc4cccc(Cl)c4)c(S(=O)(=O)O)cc3c2S(=O)(=O)O)cc(S(=O)(=O)O)c2ccc(N=Nc3cc4c(O)c(N=Nc5cc(OC=O)ccc5C(=O)O)ccc4cc3S(=O)(=O)O)c(O)c12. The number of hydrogen-bond donors (Lipinski definition) is 9. The highest BCUT2D eigenvalue weighted by molar-refractivity contribution is 7.87. The van der Waals surface area contributed by atoms with Gasteiger partial charge in [0.05, 0.1) is 22.3 Å². The number of fused-ring (bicyclic) bond motifs is 3. The molecule has 0 heterocycles. The molecule has 10 N–H and O–H groups in total. The smallest absolute Gasteiger partial charge is 0.337 e. The van der Waals surface area contributed by atoms with E-state index in [0.29, 0.717) is 12.1 Å². The molecule has 0 unspecified atom stereocenters. The van der Waals surface area contributed by atoms with Crippen molar-refractivity contribution in [1.29, 1.82) is 0 Å². The number of rotatable bonds is 15. The van der Waals surface area contributed by atoms with Crippen LogP contribution in [0.5, 0.6) is 23.0 Å². The number of aromatic hydroxyl groups is 3. The molecule has 0 aliphatic rings. The number of halogens is 1. The number of phenolic OH excluding ortho intramolecular Hbond substituents is 3. The topological polar surface area (TPSA) is 467 Å². The number of benzene rings is 8. The molecule has 8 rings (SSSR count). The van der Waals surface area contributed by atoms with E-state index in [0.717, 1.165) is 54.6 Å². The molecular weight excluding hydrogens is 1120 g/mol. The Balaban J connectivity index is 1.24. The molecule has 33 heteroatoms. The molecule has 77 heavy (non-hydrogen) atoms. The summed E-state index contributed by atoms with van der Waals surface area (Å²) >= 11 is 5.96. The molecule has 0 amide bonds. The highest BCUT2D eigenvalue weighted by atomic mass is 35.5. The van der Waals surface area contributed by atoms with Crippen LogP contribution in [0.3, 0.4) is 0 Å². The normalized spacial score (nSPS) is 12.8. The molecule has 0 aliphatic heterocycles. The predicted molar refractivity (Wildman–Crippen MR) is 269 cm³/mol. The number of anilines is 1. The van der Waals surface area contributed by atoms with Crippen LogP contribution in [-0.2, 0) is 45.3 Å². The molecule has 0 fully saturated rings. The number of hydrogen-bond acceptors (Lipinski definition) is 23. The number of nitrogens with zero attached hydrogens (tertiary/aromatic N) is 8. The minimum Gasteiger partial charge on any atom is -0.505 e. The fourth-order valence-electron chi connectivity index (χ4n) is 7.42. The number of aromatic carboxylic acids is 1. The maximum absolute atomic E-state index is 13.0. The molecule has 0 radical (unpaired) electrons. The maximum Gasteiger partial charge on any atom is 0.337 e. The Bertz CT molecular complexity index is 4500. The molecular formula is C44H28ClN9O19S4. The maximum atomic E-state index is 13.0. The third kappa shape index (κ3) is 11.1. The Hall–Kier alpha value is -8.99. The second kappa shape index (κ2) is 20.3. The van der Waals surface area contributed by atoms with Gasteiger partial charge in [0.25, 0.3) is 46.9 Å².